The van der Waals surface area contributed by atoms with Crippen molar-refractivity contribution < 1.29 is 19.4 Å². The number of aliphatic hydroxyl groups is 1. The number of ether oxygens (including phenoxy) is 1. The third-order valence-electron chi connectivity index (χ3n) is 6.07. The molecule has 1 atom stereocenters. The largest absolute Gasteiger partial charge is 0.497 e. The molecule has 32 heavy (non-hydrogen) atoms. The van der Waals surface area contributed by atoms with Crippen LogP contribution in [0.15, 0.2) is 48.5 Å². The number of amides is 1. The van der Waals surface area contributed by atoms with E-state index in [2.05, 4.69) is 19.2 Å². The van der Waals surface area contributed by atoms with Gasteiger partial charge in [0.25, 0.3) is 5.91 Å². The summed E-state index contributed by atoms with van der Waals surface area (Å²) in [4.78, 5) is 27.7. The Balaban J connectivity index is 1.63. The lowest BCUT2D eigenvalue weighted by Crippen LogP contribution is -2.43. The van der Waals surface area contributed by atoms with E-state index in [1.165, 1.54) is 0 Å². The molecule has 2 aromatic rings. The zero-order valence-electron chi connectivity index (χ0n) is 18.9. The Morgan fingerprint density at radius 3 is 2.72 bits per heavy atom. The van der Waals surface area contributed by atoms with Gasteiger partial charge in [0.2, 0.25) is 0 Å². The number of allylic oxidation sites excluding steroid dienone is 1. The molecule has 0 aliphatic carbocycles. The molecule has 168 valence electrons. The van der Waals surface area contributed by atoms with Crippen molar-refractivity contribution in [3.8, 4) is 5.75 Å². The van der Waals surface area contributed by atoms with Gasteiger partial charge in [-0.1, -0.05) is 18.2 Å². The lowest BCUT2D eigenvalue weighted by molar-refractivity contribution is 0.0473. The van der Waals surface area contributed by atoms with Gasteiger partial charge in [-0.25, -0.2) is 0 Å². The van der Waals surface area contributed by atoms with Crippen LogP contribution in [0.25, 0.3) is 5.70 Å². The highest BCUT2D eigenvalue weighted by Gasteiger charge is 2.29. The SMILES string of the molecule is COc1ccc2c(c1)C(=CC(=O)c1cccc(C(=O)N3CCCC(O)C3)c1)NC(C)(C)C2. The van der Waals surface area contributed by atoms with E-state index in [4.69, 9.17) is 4.74 Å². The van der Waals surface area contributed by atoms with Crippen LogP contribution in [-0.4, -0.2) is 53.5 Å². The van der Waals surface area contributed by atoms with Crippen LogP contribution in [0.2, 0.25) is 0 Å². The Morgan fingerprint density at radius 2 is 1.97 bits per heavy atom. The number of benzene rings is 2. The molecule has 6 heteroatoms. The first kappa shape index (κ1) is 22.1. The van der Waals surface area contributed by atoms with Crippen molar-refractivity contribution in [3.63, 3.8) is 0 Å². The summed E-state index contributed by atoms with van der Waals surface area (Å²) < 4.78 is 5.38. The van der Waals surface area contributed by atoms with Crippen LogP contribution < -0.4 is 10.1 Å². The Hall–Kier alpha value is -3.12. The molecule has 0 radical (unpaired) electrons. The van der Waals surface area contributed by atoms with Gasteiger partial charge in [0.15, 0.2) is 5.78 Å². The highest BCUT2D eigenvalue weighted by atomic mass is 16.5. The normalized spacial score (nSPS) is 20.9. The monoisotopic (exact) mass is 434 g/mol. The number of methoxy groups -OCH3 is 1. The van der Waals surface area contributed by atoms with Gasteiger partial charge in [-0.15, -0.1) is 0 Å². The van der Waals surface area contributed by atoms with Crippen LogP contribution in [0.5, 0.6) is 5.75 Å². The number of likely N-dealkylation sites (tertiary alicyclic amines) is 1. The molecular weight excluding hydrogens is 404 g/mol. The number of ketones is 1. The van der Waals surface area contributed by atoms with Gasteiger partial charge < -0.3 is 20.1 Å². The molecule has 0 saturated carbocycles. The fourth-order valence-corrected chi connectivity index (χ4v) is 4.50. The minimum atomic E-state index is -0.486. The second-order valence-corrected chi connectivity index (χ2v) is 9.26. The average molecular weight is 435 g/mol. The van der Waals surface area contributed by atoms with E-state index in [1.54, 1.807) is 42.4 Å². The molecule has 6 nitrogen and oxygen atoms in total. The van der Waals surface area contributed by atoms with Crippen LogP contribution in [0.3, 0.4) is 0 Å². The van der Waals surface area contributed by atoms with Crippen molar-refractivity contribution in [1.29, 1.82) is 0 Å². The number of fused-ring (bicyclic) bond motifs is 1. The maximum Gasteiger partial charge on any atom is 0.253 e. The number of β-amino-alcohol motifs (C(OH)–C–C–N with tert-alkyl or cyclic N) is 1. The highest BCUT2D eigenvalue weighted by molar-refractivity contribution is 6.10. The minimum Gasteiger partial charge on any atom is -0.497 e. The summed E-state index contributed by atoms with van der Waals surface area (Å²) in [5.74, 6) is 0.408. The minimum absolute atomic E-state index is 0.155. The molecule has 1 amide bonds. The van der Waals surface area contributed by atoms with Gasteiger partial charge in [-0.05, 0) is 62.9 Å². The van der Waals surface area contributed by atoms with E-state index in [0.29, 0.717) is 30.6 Å². The van der Waals surface area contributed by atoms with Crippen LogP contribution in [0.4, 0.5) is 0 Å². The summed E-state index contributed by atoms with van der Waals surface area (Å²) in [6, 6.07) is 12.7. The summed E-state index contributed by atoms with van der Waals surface area (Å²) in [7, 11) is 1.63. The number of carbonyl (C=O) groups excluding carboxylic acids is 2. The molecule has 0 aromatic heterocycles. The molecule has 2 heterocycles. The van der Waals surface area contributed by atoms with Gasteiger partial charge in [-0.3, -0.25) is 9.59 Å². The number of nitrogens with zero attached hydrogens (tertiary/aromatic N) is 1. The van der Waals surface area contributed by atoms with Crippen molar-refractivity contribution in [3.05, 3.63) is 70.8 Å². The predicted octanol–water partition coefficient (Wildman–Crippen LogP) is 3.44. The van der Waals surface area contributed by atoms with E-state index >= 15 is 0 Å². The number of hydrogen-bond acceptors (Lipinski definition) is 5. The van der Waals surface area contributed by atoms with Crippen LogP contribution >= 0.6 is 0 Å². The first-order valence-electron chi connectivity index (χ1n) is 11.0. The maximum atomic E-state index is 13.2. The number of hydrogen-bond donors (Lipinski definition) is 2. The zero-order chi connectivity index (χ0) is 22.9. The summed E-state index contributed by atoms with van der Waals surface area (Å²) in [6.07, 6.45) is 3.45. The van der Waals surface area contributed by atoms with Crippen molar-refractivity contribution in [2.75, 3.05) is 20.2 Å². The Bertz CT molecular complexity index is 1070. The highest BCUT2D eigenvalue weighted by Crippen LogP contribution is 2.32. The molecule has 2 aromatic carbocycles. The molecular formula is C26H30N2O4. The van der Waals surface area contributed by atoms with Crippen molar-refractivity contribution in [1.82, 2.24) is 10.2 Å². The van der Waals surface area contributed by atoms with Crippen molar-refractivity contribution >= 4 is 17.4 Å². The molecule has 1 fully saturated rings. The fraction of sp³-hybridized carbons (Fsp3) is 0.385. The number of piperidine rings is 1. The summed E-state index contributed by atoms with van der Waals surface area (Å²) in [5, 5.41) is 13.4. The van der Waals surface area contributed by atoms with E-state index in [0.717, 1.165) is 35.4 Å². The molecule has 0 spiro atoms. The average Bonchev–Trinajstić information content (AvgIpc) is 2.77. The van der Waals surface area contributed by atoms with E-state index in [-0.39, 0.29) is 17.2 Å². The Labute approximate surface area is 188 Å². The van der Waals surface area contributed by atoms with Crippen molar-refractivity contribution in [2.45, 2.75) is 44.8 Å². The van der Waals surface area contributed by atoms with Gasteiger partial charge in [0.05, 0.1) is 13.2 Å². The second kappa shape index (κ2) is 8.79. The number of aliphatic hydroxyl groups excluding tert-OH is 1. The predicted molar refractivity (Wildman–Crippen MR) is 124 cm³/mol. The van der Waals surface area contributed by atoms with Crippen LogP contribution in [-0.2, 0) is 6.42 Å². The van der Waals surface area contributed by atoms with Gasteiger partial charge in [0, 0.05) is 47.1 Å². The van der Waals surface area contributed by atoms with E-state index in [9.17, 15) is 14.7 Å². The third kappa shape index (κ3) is 4.70. The fourth-order valence-electron chi connectivity index (χ4n) is 4.50. The van der Waals surface area contributed by atoms with Gasteiger partial charge in [0.1, 0.15) is 5.75 Å². The lowest BCUT2D eigenvalue weighted by Gasteiger charge is -2.35. The smallest absolute Gasteiger partial charge is 0.253 e. The maximum absolute atomic E-state index is 13.2. The van der Waals surface area contributed by atoms with E-state index in [1.807, 2.05) is 18.2 Å². The molecule has 1 unspecified atom stereocenters. The van der Waals surface area contributed by atoms with Crippen molar-refractivity contribution in [2.24, 2.45) is 0 Å². The van der Waals surface area contributed by atoms with Gasteiger partial charge in [-0.2, -0.15) is 0 Å². The number of nitrogens with one attached hydrogen (secondary N) is 1. The lowest BCUT2D eigenvalue weighted by atomic mass is 9.85. The number of rotatable bonds is 4. The quantitative estimate of drug-likeness (QED) is 0.569. The molecule has 2 aliphatic rings. The molecule has 1 saturated heterocycles. The van der Waals surface area contributed by atoms with Crippen LogP contribution in [0, 0.1) is 0 Å². The topological polar surface area (TPSA) is 78.9 Å². The molecule has 2 aliphatic heterocycles. The summed E-state index contributed by atoms with van der Waals surface area (Å²) >= 11 is 0. The first-order valence-corrected chi connectivity index (χ1v) is 11.0. The molecule has 4 rings (SSSR count). The zero-order valence-corrected chi connectivity index (χ0v) is 18.9. The van der Waals surface area contributed by atoms with Crippen LogP contribution in [0.1, 0.15) is 58.5 Å². The summed E-state index contributed by atoms with van der Waals surface area (Å²) in [6.45, 7) is 5.16. The second-order valence-electron chi connectivity index (χ2n) is 9.26. The molecule has 2 N–H and O–H groups in total. The Morgan fingerprint density at radius 1 is 1.19 bits per heavy atom. The van der Waals surface area contributed by atoms with E-state index < -0.39 is 6.10 Å². The molecule has 0 bridgehead atoms. The third-order valence-corrected chi connectivity index (χ3v) is 6.07. The summed E-state index contributed by atoms with van der Waals surface area (Å²) in [5.41, 5.74) is 3.57. The number of carbonyl (C=O) groups is 2. The first-order chi connectivity index (χ1) is 15.3. The Kier molecular flexibility index (Phi) is 6.07. The standard InChI is InChI=1S/C26H30N2O4/c1-26(2)15-19-9-10-21(32-3)13-22(19)23(27-26)14-24(30)17-6-4-7-18(12-17)25(31)28-11-5-8-20(29)16-28/h4,6-7,9-10,12-14,20,27,29H,5,8,11,15-16H2,1-3H3. The van der Waals surface area contributed by atoms with Gasteiger partial charge >= 0.3 is 0 Å².